The van der Waals surface area contributed by atoms with E-state index in [9.17, 15) is 9.59 Å². The van der Waals surface area contributed by atoms with Crippen LogP contribution in [0, 0.1) is 0 Å². The van der Waals surface area contributed by atoms with Crippen LogP contribution < -0.4 is 11.1 Å². The minimum atomic E-state index is -0.460. The second kappa shape index (κ2) is 7.49. The molecule has 0 aliphatic heterocycles. The maximum Gasteiger partial charge on any atom is 0.337 e. The number of fused-ring (bicyclic) bond motifs is 1. The number of esters is 1. The molecule has 0 fully saturated rings. The van der Waals surface area contributed by atoms with Gasteiger partial charge in [0.15, 0.2) is 5.16 Å². The number of benzene rings is 1. The molecule has 128 valence electrons. The Bertz CT molecular complexity index is 942. The van der Waals surface area contributed by atoms with Gasteiger partial charge in [0, 0.05) is 5.69 Å². The Morgan fingerprint density at radius 3 is 2.96 bits per heavy atom. The summed E-state index contributed by atoms with van der Waals surface area (Å²) in [6.45, 7) is 0. The monoisotopic (exact) mass is 374 g/mol. The van der Waals surface area contributed by atoms with Gasteiger partial charge in [0.25, 0.3) is 0 Å². The summed E-state index contributed by atoms with van der Waals surface area (Å²) < 4.78 is 4.66. The van der Waals surface area contributed by atoms with Crippen molar-refractivity contribution >= 4 is 56.7 Å². The van der Waals surface area contributed by atoms with E-state index in [4.69, 9.17) is 5.73 Å². The number of thiophene rings is 1. The maximum atomic E-state index is 12.1. The lowest BCUT2D eigenvalue weighted by atomic mass is 10.2. The number of anilines is 2. The Hall–Kier alpha value is -2.65. The number of nitrogens with two attached hydrogens (primary N) is 1. The largest absolute Gasteiger partial charge is 0.465 e. The van der Waals surface area contributed by atoms with Crippen molar-refractivity contribution in [3.8, 4) is 0 Å². The highest BCUT2D eigenvalue weighted by Gasteiger charge is 2.11. The van der Waals surface area contributed by atoms with E-state index in [0.29, 0.717) is 22.2 Å². The number of rotatable bonds is 5. The van der Waals surface area contributed by atoms with Crippen LogP contribution in [0.2, 0.25) is 0 Å². The molecular weight excluding hydrogens is 360 g/mol. The first-order valence-electron chi connectivity index (χ1n) is 7.18. The fourth-order valence-electron chi connectivity index (χ4n) is 2.09. The molecule has 1 amide bonds. The zero-order valence-corrected chi connectivity index (χ0v) is 14.8. The molecule has 3 N–H and O–H groups in total. The molecular formula is C16H14N4O3S2. The third kappa shape index (κ3) is 4.06. The van der Waals surface area contributed by atoms with Crippen molar-refractivity contribution in [3.05, 3.63) is 41.3 Å². The van der Waals surface area contributed by atoms with Crippen molar-refractivity contribution in [3.63, 3.8) is 0 Å². The summed E-state index contributed by atoms with van der Waals surface area (Å²) in [5, 5.41) is 5.89. The van der Waals surface area contributed by atoms with Crippen LogP contribution >= 0.6 is 23.1 Å². The second-order valence-corrected chi connectivity index (χ2v) is 6.78. The number of aromatic nitrogens is 2. The van der Waals surface area contributed by atoms with Gasteiger partial charge in [-0.05, 0) is 29.6 Å². The number of ether oxygens (including phenoxy) is 1. The standard InChI is InChI=1S/C16H14N4O3S2/c1-23-15(22)9-3-2-4-10(7-9)18-12(21)8-25-16-19-13(17)11-5-6-24-14(11)20-16/h2-7H,8H2,1H3,(H,18,21)(H2,17,19,20). The van der Waals surface area contributed by atoms with Crippen molar-refractivity contribution in [2.75, 3.05) is 23.9 Å². The van der Waals surface area contributed by atoms with Crippen LogP contribution in [0.3, 0.4) is 0 Å². The number of nitrogens with one attached hydrogen (secondary N) is 1. The number of carbonyl (C=O) groups is 2. The minimum absolute atomic E-state index is 0.124. The summed E-state index contributed by atoms with van der Waals surface area (Å²) in [7, 11) is 1.31. The highest BCUT2D eigenvalue weighted by molar-refractivity contribution is 7.99. The molecule has 0 unspecified atom stereocenters. The van der Waals surface area contributed by atoms with Crippen molar-refractivity contribution < 1.29 is 14.3 Å². The van der Waals surface area contributed by atoms with Gasteiger partial charge >= 0.3 is 5.97 Å². The molecule has 0 radical (unpaired) electrons. The third-order valence-electron chi connectivity index (χ3n) is 3.23. The van der Waals surface area contributed by atoms with Crippen molar-refractivity contribution in [1.82, 2.24) is 9.97 Å². The van der Waals surface area contributed by atoms with E-state index in [1.165, 1.54) is 30.2 Å². The number of nitrogen functional groups attached to an aromatic ring is 1. The van der Waals surface area contributed by atoms with Crippen LogP contribution in [0.4, 0.5) is 11.5 Å². The second-order valence-electron chi connectivity index (χ2n) is 4.94. The summed E-state index contributed by atoms with van der Waals surface area (Å²) in [4.78, 5) is 33.0. The van der Waals surface area contributed by atoms with Gasteiger partial charge in [0.05, 0.1) is 23.8 Å². The van der Waals surface area contributed by atoms with Gasteiger partial charge in [-0.15, -0.1) is 11.3 Å². The minimum Gasteiger partial charge on any atom is -0.465 e. The number of methoxy groups -OCH3 is 1. The Morgan fingerprint density at radius 2 is 2.16 bits per heavy atom. The van der Waals surface area contributed by atoms with Crippen LogP contribution in [0.25, 0.3) is 10.2 Å². The SMILES string of the molecule is COC(=O)c1cccc(NC(=O)CSc2nc(N)c3ccsc3n2)c1. The zero-order valence-electron chi connectivity index (χ0n) is 13.2. The van der Waals surface area contributed by atoms with E-state index in [0.717, 1.165) is 10.2 Å². The molecule has 25 heavy (non-hydrogen) atoms. The molecule has 7 nitrogen and oxygen atoms in total. The molecule has 0 bridgehead atoms. The maximum absolute atomic E-state index is 12.1. The van der Waals surface area contributed by atoms with Gasteiger partial charge in [-0.25, -0.2) is 14.8 Å². The number of nitrogens with zero attached hydrogens (tertiary/aromatic N) is 2. The Kier molecular flexibility index (Phi) is 5.15. The van der Waals surface area contributed by atoms with Crippen LogP contribution in [-0.2, 0) is 9.53 Å². The number of hydrogen-bond donors (Lipinski definition) is 2. The summed E-state index contributed by atoms with van der Waals surface area (Å²) in [6.07, 6.45) is 0. The zero-order chi connectivity index (χ0) is 17.8. The topological polar surface area (TPSA) is 107 Å². The smallest absolute Gasteiger partial charge is 0.337 e. The van der Waals surface area contributed by atoms with Gasteiger partial charge in [-0.2, -0.15) is 0 Å². The van der Waals surface area contributed by atoms with Gasteiger partial charge in [0.1, 0.15) is 10.6 Å². The first-order chi connectivity index (χ1) is 12.1. The van der Waals surface area contributed by atoms with E-state index >= 15 is 0 Å². The van der Waals surface area contributed by atoms with E-state index < -0.39 is 5.97 Å². The lowest BCUT2D eigenvalue weighted by Crippen LogP contribution is -2.15. The number of amides is 1. The quantitative estimate of drug-likeness (QED) is 0.402. The molecule has 0 aliphatic rings. The number of thioether (sulfide) groups is 1. The summed E-state index contributed by atoms with van der Waals surface area (Å²) in [6, 6.07) is 8.40. The molecule has 2 aromatic heterocycles. The van der Waals surface area contributed by atoms with E-state index in [1.807, 2.05) is 11.4 Å². The lowest BCUT2D eigenvalue weighted by Gasteiger charge is -2.06. The first-order valence-corrected chi connectivity index (χ1v) is 9.05. The first kappa shape index (κ1) is 17.2. The number of carbonyl (C=O) groups excluding carboxylic acids is 2. The van der Waals surface area contributed by atoms with Crippen LogP contribution in [0.1, 0.15) is 10.4 Å². The van der Waals surface area contributed by atoms with Gasteiger partial charge in [0.2, 0.25) is 5.91 Å². The van der Waals surface area contributed by atoms with Gasteiger partial charge < -0.3 is 15.8 Å². The highest BCUT2D eigenvalue weighted by atomic mass is 32.2. The normalized spacial score (nSPS) is 10.6. The summed E-state index contributed by atoms with van der Waals surface area (Å²) >= 11 is 2.67. The van der Waals surface area contributed by atoms with E-state index in [-0.39, 0.29) is 11.7 Å². The predicted molar refractivity (Wildman–Crippen MR) is 99.0 cm³/mol. The molecule has 0 atom stereocenters. The fraction of sp³-hybridized carbons (Fsp3) is 0.125. The van der Waals surface area contributed by atoms with Crippen molar-refractivity contribution in [2.24, 2.45) is 0 Å². The predicted octanol–water partition coefficient (Wildman–Crippen LogP) is 2.79. The summed E-state index contributed by atoms with van der Waals surface area (Å²) in [5.41, 5.74) is 6.77. The van der Waals surface area contributed by atoms with E-state index in [2.05, 4.69) is 20.0 Å². The molecule has 0 saturated heterocycles. The Labute approximate surface area is 151 Å². The van der Waals surface area contributed by atoms with Gasteiger partial charge in [-0.3, -0.25) is 4.79 Å². The van der Waals surface area contributed by atoms with Crippen LogP contribution in [-0.4, -0.2) is 34.7 Å². The lowest BCUT2D eigenvalue weighted by molar-refractivity contribution is -0.113. The summed E-state index contributed by atoms with van der Waals surface area (Å²) in [5.74, 6) is -0.169. The number of hydrogen-bond acceptors (Lipinski definition) is 8. The van der Waals surface area contributed by atoms with Crippen LogP contribution in [0.15, 0.2) is 40.9 Å². The Balaban J connectivity index is 1.63. The van der Waals surface area contributed by atoms with Crippen molar-refractivity contribution in [1.29, 1.82) is 0 Å². The molecule has 3 rings (SSSR count). The molecule has 3 aromatic rings. The molecule has 0 spiro atoms. The third-order valence-corrected chi connectivity index (χ3v) is 4.89. The Morgan fingerprint density at radius 1 is 1.32 bits per heavy atom. The molecule has 2 heterocycles. The van der Waals surface area contributed by atoms with Crippen molar-refractivity contribution in [2.45, 2.75) is 5.16 Å². The molecule has 9 heteroatoms. The van der Waals surface area contributed by atoms with Crippen LogP contribution in [0.5, 0.6) is 0 Å². The van der Waals surface area contributed by atoms with E-state index in [1.54, 1.807) is 24.3 Å². The van der Waals surface area contributed by atoms with Gasteiger partial charge in [-0.1, -0.05) is 17.8 Å². The average molecular weight is 374 g/mol. The highest BCUT2D eigenvalue weighted by Crippen LogP contribution is 2.26. The molecule has 0 saturated carbocycles. The molecule has 0 aliphatic carbocycles. The molecule has 1 aromatic carbocycles. The average Bonchev–Trinajstić information content (AvgIpc) is 3.08. The fourth-order valence-corrected chi connectivity index (χ4v) is 3.57.